The van der Waals surface area contributed by atoms with Gasteiger partial charge >= 0.3 is 6.09 Å². The molecule has 0 aliphatic carbocycles. The van der Waals surface area contributed by atoms with E-state index in [9.17, 15) is 19.3 Å². The normalized spacial score (nSPS) is 11.4. The molecule has 1 aromatic heterocycles. The molecule has 0 radical (unpaired) electrons. The number of aryl methyl sites for hydroxylation is 1. The van der Waals surface area contributed by atoms with Gasteiger partial charge in [0.05, 0.1) is 17.2 Å². The maximum Gasteiger partial charge on any atom is 0.404 e. The van der Waals surface area contributed by atoms with Crippen molar-refractivity contribution in [1.29, 1.82) is 0 Å². The Morgan fingerprint density at radius 3 is 2.62 bits per heavy atom. The second kappa shape index (κ2) is 8.24. The number of non-ortho nitro benzene ring substituents is 1. The van der Waals surface area contributed by atoms with E-state index in [2.05, 4.69) is 10.4 Å². The first-order chi connectivity index (χ1) is 12.3. The highest BCUT2D eigenvalue weighted by Crippen LogP contribution is 2.20. The van der Waals surface area contributed by atoms with E-state index < -0.39 is 16.8 Å². The molecular formula is C17H19FN4O4. The first-order valence-corrected chi connectivity index (χ1v) is 7.85. The fraction of sp³-hybridized carbons (Fsp3) is 0.294. The van der Waals surface area contributed by atoms with Crippen molar-refractivity contribution in [2.75, 3.05) is 6.54 Å². The highest BCUT2D eigenvalue weighted by atomic mass is 19.1. The van der Waals surface area contributed by atoms with E-state index >= 15 is 0 Å². The van der Waals surface area contributed by atoms with Crippen molar-refractivity contribution in [3.8, 4) is 0 Å². The van der Waals surface area contributed by atoms with Gasteiger partial charge in [-0.05, 0) is 25.5 Å². The molecule has 0 bridgehead atoms. The molecule has 2 aromatic rings. The summed E-state index contributed by atoms with van der Waals surface area (Å²) in [4.78, 5) is 20.6. The standard InChI is InChI=1S/C17H19FN4O4/c1-11-16(9-13-3-5-15(6-4-13)22(25)26)12(2)21(20-11)10-14(18)7-8-19-17(23)24/h3-7,19H,8-10H2,1-2H3,(H,23,24)/b14-7-. The van der Waals surface area contributed by atoms with Gasteiger partial charge < -0.3 is 10.4 Å². The molecular weight excluding hydrogens is 343 g/mol. The minimum absolute atomic E-state index is 0.0278. The molecule has 0 aliphatic rings. The van der Waals surface area contributed by atoms with Gasteiger partial charge in [0.1, 0.15) is 5.83 Å². The summed E-state index contributed by atoms with van der Waals surface area (Å²) in [5.74, 6) is -0.494. The molecule has 8 nitrogen and oxygen atoms in total. The monoisotopic (exact) mass is 362 g/mol. The molecule has 138 valence electrons. The molecule has 1 heterocycles. The van der Waals surface area contributed by atoms with Gasteiger partial charge in [-0.1, -0.05) is 12.1 Å². The number of nitro benzene ring substituents is 1. The van der Waals surface area contributed by atoms with Gasteiger partial charge in [0.25, 0.3) is 5.69 Å². The van der Waals surface area contributed by atoms with Gasteiger partial charge in [-0.3, -0.25) is 14.8 Å². The Balaban J connectivity index is 2.11. The van der Waals surface area contributed by atoms with Crippen LogP contribution in [-0.2, 0) is 13.0 Å². The number of hydrogen-bond donors (Lipinski definition) is 2. The molecule has 0 unspecified atom stereocenters. The number of hydrogen-bond acceptors (Lipinski definition) is 4. The lowest BCUT2D eigenvalue weighted by Crippen LogP contribution is -2.20. The second-order valence-electron chi connectivity index (χ2n) is 5.74. The van der Waals surface area contributed by atoms with E-state index in [-0.39, 0.29) is 18.8 Å². The molecule has 9 heteroatoms. The molecule has 0 spiro atoms. The van der Waals surface area contributed by atoms with Gasteiger partial charge in [-0.25, -0.2) is 9.18 Å². The summed E-state index contributed by atoms with van der Waals surface area (Å²) >= 11 is 0. The van der Waals surface area contributed by atoms with E-state index in [4.69, 9.17) is 5.11 Å². The molecule has 0 atom stereocenters. The van der Waals surface area contributed by atoms with Crippen molar-refractivity contribution in [2.24, 2.45) is 0 Å². The summed E-state index contributed by atoms with van der Waals surface area (Å²) in [7, 11) is 0. The van der Waals surface area contributed by atoms with E-state index in [1.54, 1.807) is 12.1 Å². The molecule has 2 N–H and O–H groups in total. The van der Waals surface area contributed by atoms with E-state index in [1.165, 1.54) is 16.8 Å². The minimum Gasteiger partial charge on any atom is -0.465 e. The number of carbonyl (C=O) groups is 1. The Kier molecular flexibility index (Phi) is 6.05. The molecule has 26 heavy (non-hydrogen) atoms. The van der Waals surface area contributed by atoms with Crippen LogP contribution in [0.1, 0.15) is 22.5 Å². The van der Waals surface area contributed by atoms with Crippen molar-refractivity contribution >= 4 is 11.8 Å². The van der Waals surface area contributed by atoms with Crippen molar-refractivity contribution in [2.45, 2.75) is 26.8 Å². The lowest BCUT2D eigenvalue weighted by molar-refractivity contribution is -0.384. The van der Waals surface area contributed by atoms with Crippen LogP contribution in [-0.4, -0.2) is 32.4 Å². The summed E-state index contributed by atoms with van der Waals surface area (Å²) in [6.07, 6.45) is 0.466. The number of nitrogens with one attached hydrogen (secondary N) is 1. The van der Waals surface area contributed by atoms with E-state index in [0.29, 0.717) is 6.42 Å². The third-order valence-corrected chi connectivity index (χ3v) is 3.94. The summed E-state index contributed by atoms with van der Waals surface area (Å²) < 4.78 is 15.4. The van der Waals surface area contributed by atoms with Crippen LogP contribution in [0.25, 0.3) is 0 Å². The molecule has 0 fully saturated rings. The minimum atomic E-state index is -1.22. The van der Waals surface area contributed by atoms with Crippen LogP contribution in [0.15, 0.2) is 36.2 Å². The zero-order valence-electron chi connectivity index (χ0n) is 14.4. The number of rotatable bonds is 7. The SMILES string of the molecule is Cc1nn(C/C(F)=C/CNC(=O)O)c(C)c1Cc1ccc([N+](=O)[O-])cc1. The van der Waals surface area contributed by atoms with Crippen molar-refractivity contribution < 1.29 is 19.2 Å². The van der Waals surface area contributed by atoms with Crippen molar-refractivity contribution in [3.63, 3.8) is 0 Å². The summed E-state index contributed by atoms with van der Waals surface area (Å²) in [6, 6.07) is 6.27. The lowest BCUT2D eigenvalue weighted by Gasteiger charge is -2.05. The molecule has 2 rings (SSSR count). The molecule has 1 amide bonds. The van der Waals surface area contributed by atoms with Gasteiger partial charge in [0.2, 0.25) is 0 Å². The maximum absolute atomic E-state index is 13.9. The highest BCUT2D eigenvalue weighted by molar-refractivity contribution is 5.64. The van der Waals surface area contributed by atoms with Gasteiger partial charge in [0, 0.05) is 36.4 Å². The summed E-state index contributed by atoms with van der Waals surface area (Å²) in [5, 5.41) is 25.6. The van der Waals surface area contributed by atoms with Crippen LogP contribution < -0.4 is 5.32 Å². The Hall–Kier alpha value is -3.23. The van der Waals surface area contributed by atoms with Gasteiger partial charge in [-0.2, -0.15) is 5.10 Å². The molecule has 0 saturated heterocycles. The third kappa shape index (κ3) is 4.88. The number of benzene rings is 1. The lowest BCUT2D eigenvalue weighted by atomic mass is 10.0. The fourth-order valence-electron chi connectivity index (χ4n) is 2.54. The second-order valence-corrected chi connectivity index (χ2v) is 5.74. The van der Waals surface area contributed by atoms with Crippen molar-refractivity contribution in [3.05, 3.63) is 68.8 Å². The number of nitro groups is 1. The summed E-state index contributed by atoms with van der Waals surface area (Å²) in [5.41, 5.74) is 3.38. The quantitative estimate of drug-likeness (QED) is 0.581. The van der Waals surface area contributed by atoms with Crippen LogP contribution >= 0.6 is 0 Å². The van der Waals surface area contributed by atoms with Crippen molar-refractivity contribution in [1.82, 2.24) is 15.1 Å². The van der Waals surface area contributed by atoms with Crippen LogP contribution in [0, 0.1) is 24.0 Å². The fourth-order valence-corrected chi connectivity index (χ4v) is 2.54. The number of allylic oxidation sites excluding steroid dienone is 1. The number of aromatic nitrogens is 2. The molecule has 1 aromatic carbocycles. The molecule has 0 saturated carbocycles. The first kappa shape index (κ1) is 19.1. The molecule has 0 aliphatic heterocycles. The van der Waals surface area contributed by atoms with Crippen LogP contribution in [0.3, 0.4) is 0 Å². The Morgan fingerprint density at radius 2 is 2.04 bits per heavy atom. The van der Waals surface area contributed by atoms with Gasteiger partial charge in [0.15, 0.2) is 0 Å². The van der Waals surface area contributed by atoms with E-state index in [0.717, 1.165) is 28.6 Å². The first-order valence-electron chi connectivity index (χ1n) is 7.85. The largest absolute Gasteiger partial charge is 0.465 e. The highest BCUT2D eigenvalue weighted by Gasteiger charge is 2.14. The third-order valence-electron chi connectivity index (χ3n) is 3.94. The number of halogens is 1. The maximum atomic E-state index is 13.9. The zero-order valence-corrected chi connectivity index (χ0v) is 14.4. The predicted octanol–water partition coefficient (Wildman–Crippen LogP) is 3.12. The number of carboxylic acid groups (broad SMARTS) is 1. The predicted molar refractivity (Wildman–Crippen MR) is 92.8 cm³/mol. The smallest absolute Gasteiger partial charge is 0.404 e. The van der Waals surface area contributed by atoms with Crippen LogP contribution in [0.2, 0.25) is 0 Å². The number of nitrogens with zero attached hydrogens (tertiary/aromatic N) is 3. The van der Waals surface area contributed by atoms with E-state index in [1.807, 2.05) is 13.8 Å². The van der Waals surface area contributed by atoms with Crippen LogP contribution in [0.4, 0.5) is 14.9 Å². The summed E-state index contributed by atoms with van der Waals surface area (Å²) in [6.45, 7) is 3.44. The van der Waals surface area contributed by atoms with Crippen LogP contribution in [0.5, 0.6) is 0 Å². The Morgan fingerprint density at radius 1 is 1.38 bits per heavy atom. The Bertz CT molecular complexity index is 843. The average Bonchev–Trinajstić information content (AvgIpc) is 2.82. The zero-order chi connectivity index (χ0) is 19.3. The average molecular weight is 362 g/mol. The topological polar surface area (TPSA) is 110 Å². The number of amides is 1. The van der Waals surface area contributed by atoms with Gasteiger partial charge in [-0.15, -0.1) is 0 Å². The Labute approximate surface area is 149 Å².